The molecule has 0 saturated heterocycles. The number of para-hydroxylation sites is 1. The molecule has 0 saturated carbocycles. The van der Waals surface area contributed by atoms with Crippen LogP contribution in [0.25, 0.3) is 0 Å². The van der Waals surface area contributed by atoms with Crippen molar-refractivity contribution >= 4 is 34.8 Å². The zero-order chi connectivity index (χ0) is 20.4. The third kappa shape index (κ3) is 4.05. The molecule has 0 fully saturated rings. The lowest BCUT2D eigenvalue weighted by atomic mass is 10.2. The summed E-state index contributed by atoms with van der Waals surface area (Å²) < 4.78 is 60.3. The molecule has 0 spiro atoms. The van der Waals surface area contributed by atoms with Crippen LogP contribution in [0.5, 0.6) is 5.75 Å². The van der Waals surface area contributed by atoms with Crippen molar-refractivity contribution in [2.24, 2.45) is 0 Å². The van der Waals surface area contributed by atoms with Crippen molar-refractivity contribution in [1.82, 2.24) is 9.78 Å². The van der Waals surface area contributed by atoms with Gasteiger partial charge in [-0.2, -0.15) is 5.10 Å². The Morgan fingerprint density at radius 3 is 2.29 bits per heavy atom. The van der Waals surface area contributed by atoms with Crippen LogP contribution in [-0.4, -0.2) is 15.7 Å². The number of ether oxygens (including phenoxy) is 1. The second-order valence-corrected chi connectivity index (χ2v) is 6.18. The van der Waals surface area contributed by atoms with Gasteiger partial charge in [0.05, 0.1) is 10.0 Å². The molecule has 0 bridgehead atoms. The Morgan fingerprint density at radius 1 is 1.07 bits per heavy atom. The number of nitrogens with zero attached hydrogens (tertiary/aromatic N) is 2. The molecular formula is C17H9Cl2F4N3O2. The van der Waals surface area contributed by atoms with Gasteiger partial charge in [0, 0.05) is 12.3 Å². The quantitative estimate of drug-likeness (QED) is 0.453. The molecule has 1 N–H and O–H groups in total. The van der Waals surface area contributed by atoms with Crippen LogP contribution < -0.4 is 10.1 Å². The minimum Gasteiger partial charge on any atom is -0.468 e. The first-order valence-electron chi connectivity index (χ1n) is 7.52. The number of hydrogen-bond donors (Lipinski definition) is 1. The highest BCUT2D eigenvalue weighted by molar-refractivity contribution is 6.37. The summed E-state index contributed by atoms with van der Waals surface area (Å²) in [5.74, 6) is -7.65. The Balaban J connectivity index is 1.73. The number of carbonyl (C=O) groups excluding carboxylic acids is 1. The lowest BCUT2D eigenvalue weighted by molar-refractivity contribution is 0.101. The molecule has 0 atom stereocenters. The highest BCUT2D eigenvalue weighted by atomic mass is 35.5. The van der Waals surface area contributed by atoms with Crippen molar-refractivity contribution in [2.45, 2.75) is 6.73 Å². The van der Waals surface area contributed by atoms with E-state index in [1.807, 2.05) is 0 Å². The second kappa shape index (κ2) is 8.07. The number of carbonyl (C=O) groups is 1. The van der Waals surface area contributed by atoms with Crippen molar-refractivity contribution in [3.05, 3.63) is 75.5 Å². The molecule has 146 valence electrons. The van der Waals surface area contributed by atoms with E-state index in [9.17, 15) is 22.4 Å². The van der Waals surface area contributed by atoms with Gasteiger partial charge in [-0.1, -0.05) is 29.3 Å². The average molecular weight is 434 g/mol. The van der Waals surface area contributed by atoms with Gasteiger partial charge in [0.25, 0.3) is 5.91 Å². The summed E-state index contributed by atoms with van der Waals surface area (Å²) in [5.41, 5.74) is -1.53. The largest absolute Gasteiger partial charge is 0.468 e. The maximum Gasteiger partial charge on any atom is 0.276 e. The Hall–Kier alpha value is -2.78. The Kier molecular flexibility index (Phi) is 5.76. The monoisotopic (exact) mass is 433 g/mol. The normalized spacial score (nSPS) is 10.8. The summed E-state index contributed by atoms with van der Waals surface area (Å²) in [6.45, 7) is -0.186. The van der Waals surface area contributed by atoms with Gasteiger partial charge in [-0.15, -0.1) is 0 Å². The van der Waals surface area contributed by atoms with Crippen molar-refractivity contribution in [2.75, 3.05) is 5.32 Å². The number of benzene rings is 2. The molecule has 0 aliphatic carbocycles. The highest BCUT2D eigenvalue weighted by Gasteiger charge is 2.22. The van der Waals surface area contributed by atoms with Gasteiger partial charge in [0.1, 0.15) is 5.69 Å². The maximum absolute atomic E-state index is 13.6. The van der Waals surface area contributed by atoms with Gasteiger partial charge in [0.2, 0.25) is 0 Å². The number of aromatic nitrogens is 2. The van der Waals surface area contributed by atoms with Gasteiger partial charge in [-0.05, 0) is 18.2 Å². The van der Waals surface area contributed by atoms with E-state index in [0.29, 0.717) is 0 Å². The van der Waals surface area contributed by atoms with Gasteiger partial charge < -0.3 is 10.1 Å². The number of rotatable bonds is 5. The van der Waals surface area contributed by atoms with Crippen molar-refractivity contribution in [3.63, 3.8) is 0 Å². The first-order chi connectivity index (χ1) is 13.3. The summed E-state index contributed by atoms with van der Waals surface area (Å²) in [6, 6.07) is 5.99. The van der Waals surface area contributed by atoms with Crippen LogP contribution in [0.2, 0.25) is 10.0 Å². The standard InChI is InChI=1S/C17H9Cl2F4N3O2/c18-8-2-1-3-9(19)16(8)28-7-26-5-4-12(25-26)17(27)24-15-13(22)10(20)6-11(21)14(15)23/h1-6H,7H2,(H,24,27). The fourth-order valence-electron chi connectivity index (χ4n) is 2.17. The molecule has 0 aliphatic heterocycles. The van der Waals surface area contributed by atoms with E-state index in [-0.39, 0.29) is 34.3 Å². The summed E-state index contributed by atoms with van der Waals surface area (Å²) >= 11 is 11.9. The molecular weight excluding hydrogens is 425 g/mol. The molecule has 1 amide bonds. The summed E-state index contributed by atoms with van der Waals surface area (Å²) in [4.78, 5) is 12.1. The van der Waals surface area contributed by atoms with Crippen LogP contribution in [0.3, 0.4) is 0 Å². The zero-order valence-electron chi connectivity index (χ0n) is 13.6. The highest BCUT2D eigenvalue weighted by Crippen LogP contribution is 2.32. The molecule has 0 unspecified atom stereocenters. The first-order valence-corrected chi connectivity index (χ1v) is 8.28. The van der Waals surface area contributed by atoms with Crippen LogP contribution >= 0.6 is 23.2 Å². The number of halogens is 6. The van der Waals surface area contributed by atoms with Crippen LogP contribution in [-0.2, 0) is 6.73 Å². The Morgan fingerprint density at radius 2 is 1.68 bits per heavy atom. The third-order valence-corrected chi connectivity index (χ3v) is 4.08. The molecule has 1 aromatic heterocycles. The fraction of sp³-hybridized carbons (Fsp3) is 0.0588. The topological polar surface area (TPSA) is 56.2 Å². The van der Waals surface area contributed by atoms with Crippen LogP contribution in [0.15, 0.2) is 36.5 Å². The molecule has 2 aromatic carbocycles. The number of anilines is 1. The van der Waals surface area contributed by atoms with Gasteiger partial charge in [-0.3, -0.25) is 4.79 Å². The number of hydrogen-bond acceptors (Lipinski definition) is 3. The van der Waals surface area contributed by atoms with E-state index in [1.165, 1.54) is 16.9 Å². The van der Waals surface area contributed by atoms with Crippen molar-refractivity contribution in [3.8, 4) is 5.75 Å². The van der Waals surface area contributed by atoms with Gasteiger partial charge in [-0.25, -0.2) is 22.2 Å². The summed E-state index contributed by atoms with van der Waals surface area (Å²) in [7, 11) is 0. The lowest BCUT2D eigenvalue weighted by Crippen LogP contribution is -2.17. The molecule has 0 aliphatic rings. The predicted octanol–water partition coefficient (Wildman–Crippen LogP) is 5.04. The fourth-order valence-corrected chi connectivity index (χ4v) is 2.67. The van der Waals surface area contributed by atoms with E-state index < -0.39 is 34.9 Å². The number of nitrogens with one attached hydrogen (secondary N) is 1. The van der Waals surface area contributed by atoms with E-state index in [1.54, 1.807) is 23.5 Å². The molecule has 5 nitrogen and oxygen atoms in total. The second-order valence-electron chi connectivity index (χ2n) is 5.36. The molecule has 28 heavy (non-hydrogen) atoms. The molecule has 3 rings (SSSR count). The lowest BCUT2D eigenvalue weighted by Gasteiger charge is -2.09. The minimum absolute atomic E-state index is 0.0340. The van der Waals surface area contributed by atoms with E-state index in [0.717, 1.165) is 0 Å². The van der Waals surface area contributed by atoms with Gasteiger partial charge >= 0.3 is 0 Å². The van der Waals surface area contributed by atoms with E-state index >= 15 is 0 Å². The van der Waals surface area contributed by atoms with E-state index in [2.05, 4.69) is 5.10 Å². The van der Waals surface area contributed by atoms with Crippen LogP contribution in [0, 0.1) is 23.3 Å². The van der Waals surface area contributed by atoms with Crippen molar-refractivity contribution in [1.29, 1.82) is 0 Å². The van der Waals surface area contributed by atoms with Crippen LogP contribution in [0.1, 0.15) is 10.5 Å². The smallest absolute Gasteiger partial charge is 0.276 e. The van der Waals surface area contributed by atoms with Crippen LogP contribution in [0.4, 0.5) is 23.2 Å². The maximum atomic E-state index is 13.6. The van der Waals surface area contributed by atoms with E-state index in [4.69, 9.17) is 27.9 Å². The summed E-state index contributed by atoms with van der Waals surface area (Å²) in [6.07, 6.45) is 1.33. The Bertz CT molecular complexity index is 1010. The molecule has 0 radical (unpaired) electrons. The average Bonchev–Trinajstić information content (AvgIpc) is 3.12. The minimum atomic E-state index is -1.73. The molecule has 11 heteroatoms. The zero-order valence-corrected chi connectivity index (χ0v) is 15.2. The predicted molar refractivity (Wildman–Crippen MR) is 93.5 cm³/mol. The first kappa shape index (κ1) is 20.0. The van der Waals surface area contributed by atoms with Gasteiger partial charge in [0.15, 0.2) is 41.4 Å². The van der Waals surface area contributed by atoms with Crippen molar-refractivity contribution < 1.29 is 27.1 Å². The SMILES string of the molecule is O=C(Nc1c(F)c(F)cc(F)c1F)c1ccn(COc2c(Cl)cccc2Cl)n1. The number of amides is 1. The molecule has 1 heterocycles. The molecule has 3 aromatic rings. The summed E-state index contributed by atoms with van der Waals surface area (Å²) in [5, 5.41) is 6.12. The Labute approximate surface area is 165 Å². The third-order valence-electron chi connectivity index (χ3n) is 3.48.